The molecule has 0 atom stereocenters. The molecule has 134 valence electrons. The minimum absolute atomic E-state index is 0.0714. The van der Waals surface area contributed by atoms with Crippen molar-refractivity contribution in [1.29, 1.82) is 0 Å². The Hall–Kier alpha value is -0.220. The van der Waals surface area contributed by atoms with Crippen molar-refractivity contribution >= 4 is 13.2 Å². The number of carboxylic acids is 1. The number of carbonyl (C=O) groups is 1. The van der Waals surface area contributed by atoms with Crippen LogP contribution in [0.2, 0.25) is 0 Å². The van der Waals surface area contributed by atoms with Gasteiger partial charge in [0.2, 0.25) is 0 Å². The summed E-state index contributed by atoms with van der Waals surface area (Å²) in [5.74, 6) is -1.10. The second-order valence-electron chi connectivity index (χ2n) is 4.95. The van der Waals surface area contributed by atoms with Crippen molar-refractivity contribution in [2.24, 2.45) is 0 Å². The molecule has 0 heterocycles. The summed E-state index contributed by atoms with van der Waals surface area (Å²) in [6.07, 6.45) is 5.75. The molecule has 0 unspecified atom stereocenters. The van der Waals surface area contributed by atoms with E-state index in [9.17, 15) is 9.90 Å². The molecular weight excluding hydrogens is 303 g/mol. The second kappa shape index (κ2) is 17.1. The van der Waals surface area contributed by atoms with Crippen molar-refractivity contribution in [2.45, 2.75) is 34.1 Å². The summed E-state index contributed by atoms with van der Waals surface area (Å²) in [5.41, 5.74) is 0. The van der Waals surface area contributed by atoms with Crippen molar-refractivity contribution in [1.82, 2.24) is 0 Å². The first-order valence-electron chi connectivity index (χ1n) is 8.21. The number of methoxy groups -OCH3 is 1. The van der Waals surface area contributed by atoms with Gasteiger partial charge >= 0.3 is 0 Å². The molecule has 0 aromatic heterocycles. The van der Waals surface area contributed by atoms with E-state index >= 15 is 0 Å². The Labute approximate surface area is 137 Å². The Morgan fingerprint density at radius 3 is 1.55 bits per heavy atom. The lowest BCUT2D eigenvalue weighted by atomic mass is 10.5. The first kappa shape index (κ1) is 24.0. The average molecular weight is 338 g/mol. The van der Waals surface area contributed by atoms with Gasteiger partial charge in [0.25, 0.3) is 0 Å². The summed E-state index contributed by atoms with van der Waals surface area (Å²) in [6, 6.07) is 0. The van der Waals surface area contributed by atoms with Crippen LogP contribution in [-0.4, -0.2) is 70.8 Å². The first-order valence-corrected chi connectivity index (χ1v) is 10.7. The number of hydrogen-bond acceptors (Lipinski definition) is 5. The number of hydrogen-bond donors (Lipinski definition) is 0. The zero-order valence-corrected chi connectivity index (χ0v) is 16.0. The van der Waals surface area contributed by atoms with Gasteiger partial charge in [0.1, 0.15) is 0 Å². The molecule has 0 fully saturated rings. The number of aliphatic carboxylic acids is 1. The third-order valence-electron chi connectivity index (χ3n) is 3.94. The Kier molecular flexibility index (Phi) is 18.7. The van der Waals surface area contributed by atoms with Crippen LogP contribution in [0.3, 0.4) is 0 Å². The molecule has 0 radical (unpaired) electrons. The van der Waals surface area contributed by atoms with Gasteiger partial charge in [-0.3, -0.25) is 0 Å². The van der Waals surface area contributed by atoms with E-state index in [1.165, 1.54) is 24.6 Å². The molecule has 0 aromatic rings. The van der Waals surface area contributed by atoms with Crippen LogP contribution in [0.5, 0.6) is 0 Å². The van der Waals surface area contributed by atoms with Crippen LogP contribution in [0.1, 0.15) is 34.1 Å². The number of rotatable bonds is 13. The highest BCUT2D eigenvalue weighted by molar-refractivity contribution is 7.75. The lowest BCUT2D eigenvalue weighted by Crippen LogP contribution is -2.23. The number of carboxylic acid groups (broad SMARTS) is 1. The lowest BCUT2D eigenvalue weighted by Gasteiger charge is -2.20. The molecule has 0 amide bonds. The van der Waals surface area contributed by atoms with Crippen LogP contribution in [0.4, 0.5) is 0 Å². The molecule has 0 rings (SSSR count). The predicted molar refractivity (Wildman–Crippen MR) is 92.2 cm³/mol. The van der Waals surface area contributed by atoms with E-state index in [1.807, 2.05) is 0 Å². The molecule has 0 N–H and O–H groups in total. The van der Waals surface area contributed by atoms with Gasteiger partial charge in [-0.15, -0.1) is 0 Å². The van der Waals surface area contributed by atoms with Gasteiger partial charge in [-0.1, -0.05) is 0 Å². The topological polar surface area (TPSA) is 67.8 Å². The van der Waals surface area contributed by atoms with E-state index in [2.05, 4.69) is 27.7 Å². The minimum Gasteiger partial charge on any atom is -0.550 e. The Morgan fingerprint density at radius 1 is 0.818 bits per heavy atom. The maximum absolute atomic E-state index is 9.93. The average Bonchev–Trinajstić information content (AvgIpc) is 2.53. The Bertz CT molecular complexity index is 227. The maximum Gasteiger partial charge on any atom is 0.0701 e. The minimum atomic E-state index is -1.10. The van der Waals surface area contributed by atoms with Gasteiger partial charge < -0.3 is 24.1 Å². The highest BCUT2D eigenvalue weighted by Gasteiger charge is 2.27. The standard InChI is InChI=1S/C8H16O5.C8H20P/c1-11-4-5-13-7-6-12-3-2-8(9)10;1-5-9(6-2,7-3)8-4/h2-7H2,1H3,(H,9,10);5-8H2,1-4H3/q;+1/p-1. The molecule has 22 heavy (non-hydrogen) atoms. The van der Waals surface area contributed by atoms with E-state index in [0.29, 0.717) is 26.4 Å². The smallest absolute Gasteiger partial charge is 0.0701 e. The van der Waals surface area contributed by atoms with E-state index in [4.69, 9.17) is 14.2 Å². The van der Waals surface area contributed by atoms with Crippen LogP contribution in [0.15, 0.2) is 0 Å². The fourth-order valence-corrected chi connectivity index (χ4v) is 4.64. The van der Waals surface area contributed by atoms with E-state index < -0.39 is 13.2 Å². The van der Waals surface area contributed by atoms with Crippen molar-refractivity contribution < 1.29 is 24.1 Å². The van der Waals surface area contributed by atoms with Crippen molar-refractivity contribution in [2.75, 3.05) is 64.8 Å². The van der Waals surface area contributed by atoms with Gasteiger partial charge in [0.15, 0.2) is 0 Å². The molecule has 0 bridgehead atoms. The van der Waals surface area contributed by atoms with Crippen LogP contribution in [0.25, 0.3) is 0 Å². The Morgan fingerprint density at radius 2 is 1.23 bits per heavy atom. The van der Waals surface area contributed by atoms with Crippen LogP contribution in [0, 0.1) is 0 Å². The molecule has 0 spiro atoms. The molecular formula is C16H35O5P. The zero-order chi connectivity index (χ0) is 17.3. The van der Waals surface area contributed by atoms with Crippen LogP contribution < -0.4 is 5.11 Å². The van der Waals surface area contributed by atoms with E-state index in [1.54, 1.807) is 7.11 Å². The molecule has 0 aliphatic rings. The monoisotopic (exact) mass is 338 g/mol. The van der Waals surface area contributed by atoms with Crippen molar-refractivity contribution in [3.63, 3.8) is 0 Å². The summed E-state index contributed by atoms with van der Waals surface area (Å²) >= 11 is 0. The number of carbonyl (C=O) groups excluding carboxylic acids is 1. The second-order valence-corrected chi connectivity index (χ2v) is 10.2. The van der Waals surface area contributed by atoms with E-state index in [-0.39, 0.29) is 13.0 Å². The largest absolute Gasteiger partial charge is 0.550 e. The normalized spacial score (nSPS) is 11.0. The summed E-state index contributed by atoms with van der Waals surface area (Å²) < 4.78 is 14.8. The number of ether oxygens (including phenoxy) is 3. The highest BCUT2D eigenvalue weighted by Crippen LogP contribution is 2.57. The van der Waals surface area contributed by atoms with Gasteiger partial charge in [-0.2, -0.15) is 0 Å². The molecule has 5 nitrogen and oxygen atoms in total. The van der Waals surface area contributed by atoms with Gasteiger partial charge in [-0.05, 0) is 27.7 Å². The zero-order valence-electron chi connectivity index (χ0n) is 15.1. The van der Waals surface area contributed by atoms with Crippen molar-refractivity contribution in [3.8, 4) is 0 Å². The van der Waals surface area contributed by atoms with Crippen LogP contribution >= 0.6 is 7.26 Å². The predicted octanol–water partition coefficient (Wildman–Crippen LogP) is 1.89. The highest BCUT2D eigenvalue weighted by atomic mass is 31.2. The molecule has 0 saturated heterocycles. The lowest BCUT2D eigenvalue weighted by molar-refractivity contribution is -0.306. The summed E-state index contributed by atoms with van der Waals surface area (Å²) in [4.78, 5) is 9.93. The summed E-state index contributed by atoms with van der Waals surface area (Å²) in [6.45, 7) is 11.5. The van der Waals surface area contributed by atoms with Gasteiger partial charge in [-0.25, -0.2) is 0 Å². The molecule has 0 aliphatic heterocycles. The molecule has 6 heteroatoms. The van der Waals surface area contributed by atoms with Crippen molar-refractivity contribution in [3.05, 3.63) is 0 Å². The van der Waals surface area contributed by atoms with E-state index in [0.717, 1.165) is 0 Å². The fourth-order valence-electron chi connectivity index (χ4n) is 1.96. The fraction of sp³-hybridized carbons (Fsp3) is 0.938. The maximum atomic E-state index is 9.93. The van der Waals surface area contributed by atoms with Gasteiger partial charge in [0.05, 0.1) is 57.7 Å². The van der Waals surface area contributed by atoms with Crippen LogP contribution in [-0.2, 0) is 19.0 Å². The summed E-state index contributed by atoms with van der Waals surface area (Å²) in [7, 11) is 1.18. The molecule has 0 aliphatic carbocycles. The summed E-state index contributed by atoms with van der Waals surface area (Å²) in [5, 5.41) is 9.93. The van der Waals surface area contributed by atoms with Gasteiger partial charge in [0, 0.05) is 26.8 Å². The SMILES string of the molecule is CC[P+](CC)(CC)CC.COCCOCCOCCC(=O)[O-]. The third-order valence-corrected chi connectivity index (χ3v) is 9.30. The molecule has 0 saturated carbocycles. The molecule has 0 aromatic carbocycles. The first-order chi connectivity index (χ1) is 10.5. The third kappa shape index (κ3) is 14.7. The quantitative estimate of drug-likeness (QED) is 0.379. The Balaban J connectivity index is 0.